The van der Waals surface area contributed by atoms with E-state index in [2.05, 4.69) is 30.9 Å². The lowest BCUT2D eigenvalue weighted by molar-refractivity contribution is -0.141. The summed E-state index contributed by atoms with van der Waals surface area (Å²) in [6.45, 7) is 3.49. The van der Waals surface area contributed by atoms with Crippen molar-refractivity contribution < 1.29 is 31.9 Å². The molecule has 0 unspecified atom stereocenters. The van der Waals surface area contributed by atoms with Gasteiger partial charge in [-0.1, -0.05) is 57.6 Å². The monoisotopic (exact) mass is 756 g/mol. The van der Waals surface area contributed by atoms with Gasteiger partial charge in [-0.15, -0.1) is 0 Å². The zero-order valence-corrected chi connectivity index (χ0v) is 28.6. The third kappa shape index (κ3) is 6.75. The molecule has 246 valence electrons. The molecule has 9 nitrogen and oxygen atoms in total. The number of furan rings is 1. The highest BCUT2D eigenvalue weighted by molar-refractivity contribution is 9.10. The summed E-state index contributed by atoms with van der Waals surface area (Å²) in [6.07, 6.45) is -3.18. The molecule has 3 aromatic heterocycles. The van der Waals surface area contributed by atoms with Gasteiger partial charge in [-0.05, 0) is 62.0 Å². The molecule has 1 aliphatic heterocycles. The van der Waals surface area contributed by atoms with Gasteiger partial charge in [-0.2, -0.15) is 13.2 Å². The van der Waals surface area contributed by atoms with E-state index in [9.17, 15) is 22.8 Å². The predicted molar refractivity (Wildman–Crippen MR) is 176 cm³/mol. The van der Waals surface area contributed by atoms with E-state index >= 15 is 0 Å². The van der Waals surface area contributed by atoms with Gasteiger partial charge in [-0.25, -0.2) is 19.8 Å². The Bertz CT molecular complexity index is 2250. The van der Waals surface area contributed by atoms with Crippen LogP contribution in [0, 0.1) is 0 Å². The Labute approximate surface area is 287 Å². The first-order chi connectivity index (χ1) is 23.0. The van der Waals surface area contributed by atoms with Crippen LogP contribution < -0.4 is 19.6 Å². The van der Waals surface area contributed by atoms with Crippen LogP contribution in [-0.4, -0.2) is 34.2 Å². The second-order valence-corrected chi connectivity index (χ2v) is 13.1. The van der Waals surface area contributed by atoms with Gasteiger partial charge < -0.3 is 13.9 Å². The van der Waals surface area contributed by atoms with Gasteiger partial charge in [0.15, 0.2) is 15.1 Å². The highest BCUT2D eigenvalue weighted by atomic mass is 79.9. The summed E-state index contributed by atoms with van der Waals surface area (Å²) in [5, 5.41) is 0.0541. The van der Waals surface area contributed by atoms with Crippen molar-refractivity contribution in [2.45, 2.75) is 36.3 Å². The summed E-state index contributed by atoms with van der Waals surface area (Å²) >= 11 is 5.39. The number of nitrogens with zero attached hydrogens (tertiary/aromatic N) is 4. The number of ether oxygens (including phenoxy) is 2. The number of carbonyl (C=O) groups is 1. The average molecular weight is 758 g/mol. The van der Waals surface area contributed by atoms with Crippen LogP contribution in [0.15, 0.2) is 107 Å². The maximum atomic E-state index is 14.0. The minimum atomic E-state index is -4.69. The van der Waals surface area contributed by atoms with E-state index in [1.807, 2.05) is 0 Å². The van der Waals surface area contributed by atoms with Crippen LogP contribution in [0.1, 0.15) is 36.9 Å². The molecule has 0 bridgehead atoms. The van der Waals surface area contributed by atoms with Crippen molar-refractivity contribution in [1.29, 1.82) is 0 Å². The summed E-state index contributed by atoms with van der Waals surface area (Å²) in [5.74, 6) is 0.102. The number of alkyl halides is 3. The highest BCUT2D eigenvalue weighted by Gasteiger charge is 2.36. The smallest absolute Gasteiger partial charge is 0.433 e. The van der Waals surface area contributed by atoms with Crippen LogP contribution in [0.25, 0.3) is 17.3 Å². The van der Waals surface area contributed by atoms with Crippen molar-refractivity contribution in [2.24, 2.45) is 4.99 Å². The van der Waals surface area contributed by atoms with E-state index in [0.29, 0.717) is 31.8 Å². The normalized spacial score (nSPS) is 14.9. The Hall–Kier alpha value is -4.47. The number of hydrogen-bond donors (Lipinski definition) is 0. The third-order valence-electron chi connectivity index (χ3n) is 7.14. The lowest BCUT2D eigenvalue weighted by Crippen LogP contribution is -2.40. The predicted octanol–water partition coefficient (Wildman–Crippen LogP) is 6.79. The van der Waals surface area contributed by atoms with Crippen LogP contribution in [0.4, 0.5) is 13.2 Å². The van der Waals surface area contributed by atoms with E-state index in [1.165, 1.54) is 17.8 Å². The van der Waals surface area contributed by atoms with Gasteiger partial charge >= 0.3 is 12.1 Å². The summed E-state index contributed by atoms with van der Waals surface area (Å²) < 4.78 is 60.4. The Morgan fingerprint density at radius 2 is 1.90 bits per heavy atom. The van der Waals surface area contributed by atoms with Gasteiger partial charge in [0.05, 0.1) is 35.2 Å². The number of benzene rings is 2. The number of rotatable bonds is 8. The van der Waals surface area contributed by atoms with Gasteiger partial charge in [0.1, 0.15) is 23.2 Å². The van der Waals surface area contributed by atoms with Gasteiger partial charge in [0.2, 0.25) is 0 Å². The van der Waals surface area contributed by atoms with Crippen LogP contribution >= 0.6 is 39.0 Å². The van der Waals surface area contributed by atoms with Crippen LogP contribution in [0.3, 0.4) is 0 Å². The maximum absolute atomic E-state index is 14.0. The molecule has 2 aromatic carbocycles. The van der Waals surface area contributed by atoms with Crippen molar-refractivity contribution >= 4 is 51.1 Å². The van der Waals surface area contributed by atoms with Crippen LogP contribution in [-0.2, 0) is 15.7 Å². The largest absolute Gasteiger partial charge is 0.496 e. The molecule has 5 aromatic rings. The fraction of sp³-hybridized carbons (Fsp3) is 0.182. The molecule has 0 N–H and O–H groups in total. The Kier molecular flexibility index (Phi) is 9.45. The minimum Gasteiger partial charge on any atom is -0.496 e. The summed E-state index contributed by atoms with van der Waals surface area (Å²) in [7, 11) is 1.50. The Morgan fingerprint density at radius 1 is 1.12 bits per heavy atom. The molecular weight excluding hydrogens is 733 g/mol. The van der Waals surface area contributed by atoms with E-state index in [1.54, 1.807) is 74.5 Å². The first kappa shape index (κ1) is 33.4. The number of aromatic nitrogens is 3. The van der Waals surface area contributed by atoms with E-state index in [0.717, 1.165) is 29.2 Å². The molecule has 0 amide bonds. The first-order valence-corrected chi connectivity index (χ1v) is 16.7. The number of hydrogen-bond acceptors (Lipinski definition) is 10. The first-order valence-electron chi connectivity index (χ1n) is 14.3. The molecule has 15 heteroatoms. The number of halogens is 4. The molecule has 6 rings (SSSR count). The zero-order chi connectivity index (χ0) is 34.2. The molecule has 0 saturated carbocycles. The van der Waals surface area contributed by atoms with Crippen LogP contribution in [0.5, 0.6) is 5.75 Å². The zero-order valence-electron chi connectivity index (χ0n) is 25.4. The molecule has 0 spiro atoms. The van der Waals surface area contributed by atoms with Crippen molar-refractivity contribution in [3.05, 3.63) is 119 Å². The molecule has 1 atom stereocenters. The van der Waals surface area contributed by atoms with Gasteiger partial charge in [0.25, 0.3) is 5.56 Å². The molecule has 1 aliphatic rings. The summed E-state index contributed by atoms with van der Waals surface area (Å²) in [4.78, 5) is 40.2. The second-order valence-electron chi connectivity index (χ2n) is 10.2. The van der Waals surface area contributed by atoms with E-state index in [4.69, 9.17) is 13.9 Å². The maximum Gasteiger partial charge on any atom is 0.433 e. The summed E-state index contributed by atoms with van der Waals surface area (Å²) in [5.41, 5.74) is 0.218. The molecular formula is C33H24BrF3N4O5S2. The molecule has 0 radical (unpaired) electrons. The summed E-state index contributed by atoms with van der Waals surface area (Å²) in [6, 6.07) is 16.9. The molecule has 0 saturated heterocycles. The van der Waals surface area contributed by atoms with E-state index in [-0.39, 0.29) is 38.4 Å². The number of esters is 1. The SMILES string of the molecule is CCOC(=O)C1=C(C)N=c2s/c(=C\c3ccc(Sc4nc(-c5ccccc5)cc(C(F)(F)F)n4)o3)c(=O)n2[C@@H]1c1cc(Br)ccc1OC. The van der Waals surface area contributed by atoms with E-state index < -0.39 is 29.4 Å². The topological polar surface area (TPSA) is 109 Å². The van der Waals surface area contributed by atoms with Crippen molar-refractivity contribution in [3.8, 4) is 17.0 Å². The quantitative estimate of drug-likeness (QED) is 0.126. The molecule has 48 heavy (non-hydrogen) atoms. The highest BCUT2D eigenvalue weighted by Crippen LogP contribution is 2.38. The lowest BCUT2D eigenvalue weighted by atomic mass is 9.95. The average Bonchev–Trinajstić information content (AvgIpc) is 3.62. The molecule has 0 fully saturated rings. The fourth-order valence-electron chi connectivity index (χ4n) is 5.06. The second kappa shape index (κ2) is 13.6. The molecule has 0 aliphatic carbocycles. The fourth-order valence-corrected chi connectivity index (χ4v) is 7.21. The number of fused-ring (bicyclic) bond motifs is 1. The van der Waals surface area contributed by atoms with Crippen molar-refractivity contribution in [3.63, 3.8) is 0 Å². The molecule has 4 heterocycles. The number of allylic oxidation sites excluding steroid dienone is 1. The van der Waals surface area contributed by atoms with Gasteiger partial charge in [-0.3, -0.25) is 9.36 Å². The Morgan fingerprint density at radius 3 is 2.60 bits per heavy atom. The Balaban J connectivity index is 1.40. The van der Waals surface area contributed by atoms with Gasteiger partial charge in [0, 0.05) is 21.7 Å². The number of thiazole rings is 1. The third-order valence-corrected chi connectivity index (χ3v) is 9.40. The van der Waals surface area contributed by atoms with Crippen molar-refractivity contribution in [1.82, 2.24) is 14.5 Å². The number of methoxy groups -OCH3 is 1. The minimum absolute atomic E-state index is 0.113. The standard InChI is InChI=1S/C33H24BrF3N4O5S2/c1-4-45-30(43)27-17(2)38-32-41(28(27)21-14-19(34)10-12-23(21)44-3)29(42)24(47-32)15-20-11-13-26(46-20)48-31-39-22(18-8-6-5-7-9-18)16-25(40-31)33(35,36)37/h5-16,28H,4H2,1-3H3/b24-15-/t28-/m1/s1. The van der Waals surface area contributed by atoms with Crippen molar-refractivity contribution in [2.75, 3.05) is 13.7 Å². The van der Waals surface area contributed by atoms with Crippen LogP contribution in [0.2, 0.25) is 0 Å². The number of carbonyl (C=O) groups excluding carboxylic acids is 1. The lowest BCUT2D eigenvalue weighted by Gasteiger charge is -2.26.